The lowest BCUT2D eigenvalue weighted by Crippen LogP contribution is -2.22. The molecule has 0 radical (unpaired) electrons. The number of hydrogen-bond donors (Lipinski definition) is 3. The Bertz CT molecular complexity index is 576. The fourth-order valence-electron chi connectivity index (χ4n) is 2.19. The Labute approximate surface area is 121 Å². The first-order valence-electron chi connectivity index (χ1n) is 6.20. The van der Waals surface area contributed by atoms with Crippen LogP contribution in [0.4, 0.5) is 5.82 Å². The number of aromatic amines is 1. The molecule has 3 N–H and O–H groups in total. The first-order valence-corrected chi connectivity index (χ1v) is 6.96. The third kappa shape index (κ3) is 2.86. The molecule has 19 heavy (non-hydrogen) atoms. The Hall–Kier alpha value is -1.23. The van der Waals surface area contributed by atoms with Crippen molar-refractivity contribution in [1.82, 2.24) is 15.5 Å². The fraction of sp³-hybridized carbons (Fsp3) is 0.308. The number of benzene rings is 1. The molecular formula is C13H14Cl2N4. The van der Waals surface area contributed by atoms with Crippen molar-refractivity contribution in [2.45, 2.75) is 12.5 Å². The highest BCUT2D eigenvalue weighted by Crippen LogP contribution is 2.28. The number of hydrogen-bond acceptors (Lipinski definition) is 3. The van der Waals surface area contributed by atoms with E-state index in [9.17, 15) is 0 Å². The van der Waals surface area contributed by atoms with E-state index in [-0.39, 0.29) is 0 Å². The zero-order valence-electron chi connectivity index (χ0n) is 10.2. The van der Waals surface area contributed by atoms with Gasteiger partial charge in [0.05, 0.1) is 15.7 Å². The van der Waals surface area contributed by atoms with Crippen LogP contribution >= 0.6 is 23.2 Å². The third-order valence-corrected chi connectivity index (χ3v) is 3.96. The number of rotatable bonds is 3. The monoisotopic (exact) mass is 296 g/mol. The van der Waals surface area contributed by atoms with Crippen LogP contribution in [0.15, 0.2) is 24.3 Å². The average Bonchev–Trinajstić information content (AvgIpc) is 3.05. The molecule has 3 rings (SSSR count). The van der Waals surface area contributed by atoms with Crippen molar-refractivity contribution >= 4 is 29.0 Å². The van der Waals surface area contributed by atoms with E-state index in [0.29, 0.717) is 16.1 Å². The van der Waals surface area contributed by atoms with Gasteiger partial charge in [0.25, 0.3) is 0 Å². The van der Waals surface area contributed by atoms with Crippen molar-refractivity contribution in [2.24, 2.45) is 0 Å². The lowest BCUT2D eigenvalue weighted by atomic mass is 10.1. The minimum Gasteiger partial charge on any atom is -0.365 e. The van der Waals surface area contributed by atoms with Gasteiger partial charge in [0.15, 0.2) is 0 Å². The summed E-state index contributed by atoms with van der Waals surface area (Å²) in [6.45, 7) is 2.04. The molecule has 0 saturated carbocycles. The number of anilines is 1. The number of nitrogens with zero attached hydrogens (tertiary/aromatic N) is 1. The largest absolute Gasteiger partial charge is 0.365 e. The van der Waals surface area contributed by atoms with Crippen LogP contribution in [-0.2, 0) is 0 Å². The second kappa shape index (κ2) is 5.41. The van der Waals surface area contributed by atoms with Crippen LogP contribution in [0, 0.1) is 0 Å². The molecule has 1 saturated heterocycles. The second-order valence-electron chi connectivity index (χ2n) is 4.63. The van der Waals surface area contributed by atoms with Gasteiger partial charge in [-0.05, 0) is 25.1 Å². The highest BCUT2D eigenvalue weighted by atomic mass is 35.5. The van der Waals surface area contributed by atoms with Crippen LogP contribution in [0.2, 0.25) is 10.0 Å². The summed E-state index contributed by atoms with van der Waals surface area (Å²) in [6, 6.07) is 7.97. The SMILES string of the molecule is Clc1ccc(-c2cc(NC3CCNC3)n[nH]2)cc1Cl. The Morgan fingerprint density at radius 3 is 2.84 bits per heavy atom. The minimum atomic E-state index is 0.449. The van der Waals surface area contributed by atoms with E-state index < -0.39 is 0 Å². The van der Waals surface area contributed by atoms with Gasteiger partial charge in [0.1, 0.15) is 5.82 Å². The van der Waals surface area contributed by atoms with Crippen molar-refractivity contribution < 1.29 is 0 Å². The lowest BCUT2D eigenvalue weighted by molar-refractivity contribution is 0.786. The van der Waals surface area contributed by atoms with E-state index in [1.54, 1.807) is 6.07 Å². The predicted octanol–water partition coefficient (Wildman–Crippen LogP) is 3.16. The van der Waals surface area contributed by atoms with Crippen LogP contribution in [0.25, 0.3) is 11.3 Å². The standard InChI is InChI=1S/C13H14Cl2N4/c14-10-2-1-8(5-11(10)15)12-6-13(19-18-12)17-9-3-4-16-7-9/h1-2,5-6,9,16H,3-4,7H2,(H2,17,18,19). The summed E-state index contributed by atoms with van der Waals surface area (Å²) in [7, 11) is 0. The second-order valence-corrected chi connectivity index (χ2v) is 5.44. The zero-order chi connectivity index (χ0) is 13.2. The summed E-state index contributed by atoms with van der Waals surface area (Å²) < 4.78 is 0. The van der Waals surface area contributed by atoms with Gasteiger partial charge in [0, 0.05) is 24.2 Å². The topological polar surface area (TPSA) is 52.7 Å². The molecule has 0 spiro atoms. The van der Waals surface area contributed by atoms with Crippen LogP contribution in [-0.4, -0.2) is 29.3 Å². The number of H-pyrrole nitrogens is 1. The van der Waals surface area contributed by atoms with E-state index in [2.05, 4.69) is 20.8 Å². The molecule has 6 heteroatoms. The van der Waals surface area contributed by atoms with Crippen molar-refractivity contribution in [2.75, 3.05) is 18.4 Å². The number of nitrogens with one attached hydrogen (secondary N) is 3. The normalized spacial score (nSPS) is 18.7. The summed E-state index contributed by atoms with van der Waals surface area (Å²) in [5.74, 6) is 0.856. The summed E-state index contributed by atoms with van der Waals surface area (Å²) in [5.41, 5.74) is 1.89. The van der Waals surface area contributed by atoms with Crippen LogP contribution in [0.1, 0.15) is 6.42 Å². The van der Waals surface area contributed by atoms with E-state index in [1.165, 1.54) is 0 Å². The first-order chi connectivity index (χ1) is 9.22. The highest BCUT2D eigenvalue weighted by Gasteiger charge is 2.15. The van der Waals surface area contributed by atoms with Crippen molar-refractivity contribution in [3.63, 3.8) is 0 Å². The van der Waals surface area contributed by atoms with Crippen LogP contribution < -0.4 is 10.6 Å². The average molecular weight is 297 g/mol. The van der Waals surface area contributed by atoms with Gasteiger partial charge >= 0.3 is 0 Å². The van der Waals surface area contributed by atoms with Gasteiger partial charge in [-0.1, -0.05) is 29.3 Å². The van der Waals surface area contributed by atoms with E-state index in [4.69, 9.17) is 23.2 Å². The molecule has 1 aliphatic rings. The Balaban J connectivity index is 1.78. The Morgan fingerprint density at radius 1 is 1.21 bits per heavy atom. The Kier molecular flexibility index (Phi) is 3.64. The first kappa shape index (κ1) is 12.8. The van der Waals surface area contributed by atoms with Crippen molar-refractivity contribution in [1.29, 1.82) is 0 Å². The third-order valence-electron chi connectivity index (χ3n) is 3.22. The molecule has 4 nitrogen and oxygen atoms in total. The molecule has 2 heterocycles. The Morgan fingerprint density at radius 2 is 2.11 bits per heavy atom. The fourth-order valence-corrected chi connectivity index (χ4v) is 2.49. The highest BCUT2D eigenvalue weighted by molar-refractivity contribution is 6.42. The molecule has 1 unspecified atom stereocenters. The lowest BCUT2D eigenvalue weighted by Gasteiger charge is -2.08. The maximum atomic E-state index is 6.02. The predicted molar refractivity (Wildman–Crippen MR) is 78.9 cm³/mol. The quantitative estimate of drug-likeness (QED) is 0.815. The molecule has 1 aliphatic heterocycles. The summed E-state index contributed by atoms with van der Waals surface area (Å²) in [6.07, 6.45) is 1.12. The van der Waals surface area contributed by atoms with Gasteiger partial charge in [0.2, 0.25) is 0 Å². The zero-order valence-corrected chi connectivity index (χ0v) is 11.7. The van der Waals surface area contributed by atoms with E-state index in [1.807, 2.05) is 18.2 Å². The van der Waals surface area contributed by atoms with Gasteiger partial charge in [-0.2, -0.15) is 5.10 Å². The molecule has 100 valence electrons. The van der Waals surface area contributed by atoms with Gasteiger partial charge in [-0.25, -0.2) is 0 Å². The van der Waals surface area contributed by atoms with Crippen molar-refractivity contribution in [3.8, 4) is 11.3 Å². The summed E-state index contributed by atoms with van der Waals surface area (Å²) in [4.78, 5) is 0. The molecule has 0 amide bonds. The van der Waals surface area contributed by atoms with Gasteiger partial charge in [-0.3, -0.25) is 5.10 Å². The molecule has 0 aliphatic carbocycles. The maximum absolute atomic E-state index is 6.02. The summed E-state index contributed by atoms with van der Waals surface area (Å²) >= 11 is 11.9. The molecular weight excluding hydrogens is 283 g/mol. The molecule has 0 bridgehead atoms. The molecule has 1 fully saturated rings. The van der Waals surface area contributed by atoms with E-state index in [0.717, 1.165) is 36.6 Å². The van der Waals surface area contributed by atoms with Gasteiger partial charge in [-0.15, -0.1) is 0 Å². The van der Waals surface area contributed by atoms with Crippen LogP contribution in [0.5, 0.6) is 0 Å². The molecule has 2 aromatic rings. The van der Waals surface area contributed by atoms with Crippen molar-refractivity contribution in [3.05, 3.63) is 34.3 Å². The van der Waals surface area contributed by atoms with Crippen LogP contribution in [0.3, 0.4) is 0 Å². The molecule has 1 aromatic heterocycles. The maximum Gasteiger partial charge on any atom is 0.148 e. The summed E-state index contributed by atoms with van der Waals surface area (Å²) in [5, 5.41) is 15.1. The smallest absolute Gasteiger partial charge is 0.148 e. The number of aromatic nitrogens is 2. The van der Waals surface area contributed by atoms with Gasteiger partial charge < -0.3 is 10.6 Å². The minimum absolute atomic E-state index is 0.449. The number of halogens is 2. The molecule has 1 aromatic carbocycles. The van der Waals surface area contributed by atoms with E-state index >= 15 is 0 Å². The molecule has 1 atom stereocenters.